The van der Waals surface area contributed by atoms with E-state index in [0.717, 1.165) is 12.8 Å². The monoisotopic (exact) mass is 383 g/mol. The van der Waals surface area contributed by atoms with Crippen LogP contribution >= 0.6 is 23.2 Å². The highest BCUT2D eigenvalue weighted by Gasteiger charge is 2.34. The van der Waals surface area contributed by atoms with Gasteiger partial charge in [-0.3, -0.25) is 4.79 Å². The van der Waals surface area contributed by atoms with E-state index in [4.69, 9.17) is 27.9 Å². The van der Waals surface area contributed by atoms with E-state index in [-0.39, 0.29) is 12.3 Å². The third kappa shape index (κ3) is 4.77. The Bertz CT molecular complexity index is 696. The highest BCUT2D eigenvalue weighted by Crippen LogP contribution is 2.38. The van der Waals surface area contributed by atoms with Crippen LogP contribution in [0.15, 0.2) is 29.5 Å². The van der Waals surface area contributed by atoms with Crippen LogP contribution < -0.4 is 5.32 Å². The van der Waals surface area contributed by atoms with Gasteiger partial charge in [0.05, 0.1) is 12.2 Å². The highest BCUT2D eigenvalue weighted by atomic mass is 35.5. The van der Waals surface area contributed by atoms with Gasteiger partial charge in [0.25, 0.3) is 0 Å². The molecule has 2 rings (SSSR count). The Hall–Kier alpha value is -1.52. The van der Waals surface area contributed by atoms with Gasteiger partial charge in [0.15, 0.2) is 0 Å². The van der Waals surface area contributed by atoms with Gasteiger partial charge in [0.2, 0.25) is 5.91 Å². The summed E-state index contributed by atoms with van der Waals surface area (Å²) in [7, 11) is 0. The van der Waals surface area contributed by atoms with Crippen molar-refractivity contribution in [1.29, 1.82) is 0 Å². The summed E-state index contributed by atoms with van der Waals surface area (Å²) in [4.78, 5) is 24.7. The Morgan fingerprint density at radius 1 is 1.32 bits per heavy atom. The lowest BCUT2D eigenvalue weighted by Gasteiger charge is -2.27. The summed E-state index contributed by atoms with van der Waals surface area (Å²) >= 11 is 12.3. The number of esters is 1. The fourth-order valence-electron chi connectivity index (χ4n) is 3.02. The lowest BCUT2D eigenvalue weighted by molar-refractivity contribution is -0.141. The molecule has 1 N–H and O–H groups in total. The van der Waals surface area contributed by atoms with Crippen molar-refractivity contribution in [2.45, 2.75) is 46.0 Å². The summed E-state index contributed by atoms with van der Waals surface area (Å²) in [5, 5.41) is 3.67. The smallest absolute Gasteiger partial charge is 0.336 e. The van der Waals surface area contributed by atoms with E-state index < -0.39 is 11.9 Å². The Balaban J connectivity index is 2.32. The largest absolute Gasteiger partial charge is 0.462 e. The maximum atomic E-state index is 12.7. The number of carbonyl (C=O) groups is 2. The van der Waals surface area contributed by atoms with Crippen LogP contribution in [0.25, 0.3) is 0 Å². The second kappa shape index (κ2) is 8.72. The molecule has 1 aliphatic rings. The average molecular weight is 384 g/mol. The van der Waals surface area contributed by atoms with Crippen molar-refractivity contribution in [3.8, 4) is 0 Å². The molecule has 0 unspecified atom stereocenters. The number of benzene rings is 1. The number of carbonyl (C=O) groups excluding carboxylic acids is 2. The molecule has 0 bridgehead atoms. The molecule has 6 heteroatoms. The predicted molar refractivity (Wildman–Crippen MR) is 99.7 cm³/mol. The second-order valence-corrected chi connectivity index (χ2v) is 7.13. The van der Waals surface area contributed by atoms with Crippen LogP contribution in [0.5, 0.6) is 0 Å². The highest BCUT2D eigenvalue weighted by molar-refractivity contribution is 6.35. The average Bonchev–Trinajstić information content (AvgIpc) is 2.54. The fourth-order valence-corrected chi connectivity index (χ4v) is 3.56. The Kier molecular flexibility index (Phi) is 6.91. The van der Waals surface area contributed by atoms with E-state index in [2.05, 4.69) is 19.2 Å². The molecule has 0 aromatic heterocycles. The van der Waals surface area contributed by atoms with Gasteiger partial charge in [-0.1, -0.05) is 56.0 Å². The lowest BCUT2D eigenvalue weighted by atomic mass is 9.84. The zero-order valence-corrected chi connectivity index (χ0v) is 16.2. The minimum Gasteiger partial charge on any atom is -0.462 e. The van der Waals surface area contributed by atoms with Crippen LogP contribution in [-0.2, 0) is 14.3 Å². The van der Waals surface area contributed by atoms with Crippen LogP contribution in [-0.4, -0.2) is 18.5 Å². The molecule has 0 radical (unpaired) electrons. The number of amides is 1. The Morgan fingerprint density at radius 3 is 2.60 bits per heavy atom. The van der Waals surface area contributed by atoms with Crippen molar-refractivity contribution >= 4 is 35.1 Å². The maximum Gasteiger partial charge on any atom is 0.336 e. The standard InChI is InChI=1S/C19H23Cl2NO3/c1-4-12(5-2)10-25-19(24)18-11(3)22-17(23)9-15(18)14-7-6-13(20)8-16(14)21/h6-8,12,15H,4-5,9-10H2,1-3H3,(H,22,23)/t15-/m0/s1. The number of rotatable bonds is 6. The summed E-state index contributed by atoms with van der Waals surface area (Å²) in [5.74, 6) is -0.654. The van der Waals surface area contributed by atoms with Gasteiger partial charge in [-0.15, -0.1) is 0 Å². The molecule has 1 aromatic carbocycles. The van der Waals surface area contributed by atoms with E-state index in [1.807, 2.05) is 0 Å². The quantitative estimate of drug-likeness (QED) is 0.714. The van der Waals surface area contributed by atoms with Crippen molar-refractivity contribution in [1.82, 2.24) is 5.32 Å². The summed E-state index contributed by atoms with van der Waals surface area (Å²) in [5.41, 5.74) is 1.67. The van der Waals surface area contributed by atoms with E-state index >= 15 is 0 Å². The molecular weight excluding hydrogens is 361 g/mol. The molecule has 1 aromatic rings. The third-order valence-electron chi connectivity index (χ3n) is 4.63. The molecule has 1 atom stereocenters. The predicted octanol–water partition coefficient (Wildman–Crippen LogP) is 4.85. The second-order valence-electron chi connectivity index (χ2n) is 6.29. The number of halogens is 2. The SMILES string of the molecule is CCC(CC)COC(=O)C1=C(C)NC(=O)C[C@H]1c1ccc(Cl)cc1Cl. The number of hydrogen-bond donors (Lipinski definition) is 1. The number of ether oxygens (including phenoxy) is 1. The van der Waals surface area contributed by atoms with Gasteiger partial charge in [0, 0.05) is 28.1 Å². The van der Waals surface area contributed by atoms with Crippen molar-refractivity contribution in [2.75, 3.05) is 6.61 Å². The summed E-state index contributed by atoms with van der Waals surface area (Å²) in [6, 6.07) is 5.08. The topological polar surface area (TPSA) is 55.4 Å². The zero-order chi connectivity index (χ0) is 18.6. The summed E-state index contributed by atoms with van der Waals surface area (Å²) in [6.45, 7) is 6.23. The molecule has 0 fully saturated rings. The van der Waals surface area contributed by atoms with Crippen molar-refractivity contribution < 1.29 is 14.3 Å². The summed E-state index contributed by atoms with van der Waals surface area (Å²) in [6.07, 6.45) is 2.05. The molecule has 1 heterocycles. The third-order valence-corrected chi connectivity index (χ3v) is 5.19. The van der Waals surface area contributed by atoms with E-state index in [0.29, 0.717) is 39.4 Å². The van der Waals surface area contributed by atoms with Crippen LogP contribution in [0, 0.1) is 5.92 Å². The number of nitrogens with one attached hydrogen (secondary N) is 1. The molecule has 0 saturated heterocycles. The molecule has 4 nitrogen and oxygen atoms in total. The van der Waals surface area contributed by atoms with Crippen molar-refractivity contribution in [2.24, 2.45) is 5.92 Å². The molecule has 0 spiro atoms. The van der Waals surface area contributed by atoms with Gasteiger partial charge >= 0.3 is 5.97 Å². The van der Waals surface area contributed by atoms with Crippen LogP contribution in [0.4, 0.5) is 0 Å². The van der Waals surface area contributed by atoms with Gasteiger partial charge in [0.1, 0.15) is 0 Å². The first kappa shape index (κ1) is 19.8. The first-order chi connectivity index (χ1) is 11.9. The van der Waals surface area contributed by atoms with E-state index in [9.17, 15) is 9.59 Å². The van der Waals surface area contributed by atoms with Gasteiger partial charge < -0.3 is 10.1 Å². The summed E-state index contributed by atoms with van der Waals surface area (Å²) < 4.78 is 5.53. The molecule has 136 valence electrons. The van der Waals surface area contributed by atoms with E-state index in [1.165, 1.54) is 0 Å². The molecule has 1 amide bonds. The lowest BCUT2D eigenvalue weighted by Crippen LogP contribution is -2.34. The Morgan fingerprint density at radius 2 is 2.00 bits per heavy atom. The van der Waals surface area contributed by atoms with Gasteiger partial charge in [-0.25, -0.2) is 4.79 Å². The molecular formula is C19H23Cl2NO3. The first-order valence-corrected chi connectivity index (χ1v) is 9.25. The Labute approximate surface area is 158 Å². The molecule has 0 saturated carbocycles. The normalized spacial score (nSPS) is 17.7. The van der Waals surface area contributed by atoms with Crippen molar-refractivity contribution in [3.05, 3.63) is 45.1 Å². The minimum absolute atomic E-state index is 0.147. The zero-order valence-electron chi connectivity index (χ0n) is 14.7. The maximum absolute atomic E-state index is 12.7. The molecule has 1 aliphatic heterocycles. The molecule has 0 aliphatic carbocycles. The van der Waals surface area contributed by atoms with Crippen LogP contribution in [0.2, 0.25) is 10.0 Å². The van der Waals surface area contributed by atoms with Crippen LogP contribution in [0.3, 0.4) is 0 Å². The minimum atomic E-state index is -0.437. The van der Waals surface area contributed by atoms with Crippen molar-refractivity contribution in [3.63, 3.8) is 0 Å². The number of allylic oxidation sites excluding steroid dienone is 1. The van der Waals surface area contributed by atoms with Gasteiger partial charge in [-0.05, 0) is 30.5 Å². The van der Waals surface area contributed by atoms with E-state index in [1.54, 1.807) is 25.1 Å². The van der Waals surface area contributed by atoms with Gasteiger partial charge in [-0.2, -0.15) is 0 Å². The fraction of sp³-hybridized carbons (Fsp3) is 0.474. The molecule has 25 heavy (non-hydrogen) atoms. The van der Waals surface area contributed by atoms with Crippen LogP contribution in [0.1, 0.15) is 51.5 Å². The first-order valence-electron chi connectivity index (χ1n) is 8.50. The number of hydrogen-bond acceptors (Lipinski definition) is 3.